The lowest BCUT2D eigenvalue weighted by Crippen LogP contribution is -2.36. The first-order chi connectivity index (χ1) is 7.79. The van der Waals surface area contributed by atoms with Crippen LogP contribution in [0, 0.1) is 6.92 Å². The average molecular weight is 245 g/mol. The van der Waals surface area contributed by atoms with Crippen LogP contribution in [0.1, 0.15) is 24.0 Å². The fourth-order valence-electron chi connectivity index (χ4n) is 1.35. The second kappa shape index (κ2) is 5.21. The molecule has 0 aliphatic heterocycles. The Balaban J connectivity index is 2.61. The van der Waals surface area contributed by atoms with Crippen molar-refractivity contribution in [1.29, 1.82) is 0 Å². The van der Waals surface area contributed by atoms with Crippen LogP contribution in [0.3, 0.4) is 0 Å². The highest BCUT2D eigenvalue weighted by Crippen LogP contribution is 2.17. The number of carbonyl (C=O) groups is 1. The van der Waals surface area contributed by atoms with E-state index in [4.69, 9.17) is 0 Å². The summed E-state index contributed by atoms with van der Waals surface area (Å²) in [6.07, 6.45) is -4.37. The first kappa shape index (κ1) is 13.5. The molecule has 1 aromatic rings. The number of halogens is 3. The minimum Gasteiger partial charge on any atom is -0.346 e. The fourth-order valence-corrected chi connectivity index (χ4v) is 1.35. The summed E-state index contributed by atoms with van der Waals surface area (Å²) in [5, 5.41) is 1.87. The molecule has 1 rings (SSSR count). The second-order valence-corrected chi connectivity index (χ2v) is 3.97. The predicted octanol–water partition coefficient (Wildman–Crippen LogP) is 2.78. The number of carbonyl (C=O) groups excluding carboxylic acids is 1. The summed E-state index contributed by atoms with van der Waals surface area (Å²) in [7, 11) is 0. The molecule has 1 N–H and O–H groups in total. The Morgan fingerprint density at radius 2 is 1.82 bits per heavy atom. The summed E-state index contributed by atoms with van der Waals surface area (Å²) >= 11 is 0. The maximum atomic E-state index is 11.9. The van der Waals surface area contributed by atoms with Crippen LogP contribution in [0.2, 0.25) is 0 Å². The summed E-state index contributed by atoms with van der Waals surface area (Å²) in [4.78, 5) is 11.5. The van der Waals surface area contributed by atoms with Gasteiger partial charge in [-0.3, -0.25) is 4.79 Å². The topological polar surface area (TPSA) is 29.1 Å². The van der Waals surface area contributed by atoms with Crippen molar-refractivity contribution in [2.75, 3.05) is 6.54 Å². The zero-order valence-corrected chi connectivity index (χ0v) is 9.64. The zero-order chi connectivity index (χ0) is 13.1. The first-order valence-electron chi connectivity index (χ1n) is 5.20. The average Bonchev–Trinajstić information content (AvgIpc) is 2.25. The van der Waals surface area contributed by atoms with Crippen LogP contribution in [-0.2, 0) is 4.79 Å². The molecule has 1 atom stereocenters. The fraction of sp³-hybridized carbons (Fsp3) is 0.417. The molecule has 0 heterocycles. The highest BCUT2D eigenvalue weighted by atomic mass is 19.4. The van der Waals surface area contributed by atoms with Gasteiger partial charge < -0.3 is 5.32 Å². The Morgan fingerprint density at radius 1 is 1.29 bits per heavy atom. The SMILES string of the molecule is Cc1ccc(C(C)C(=O)NCC(F)(F)F)cc1. The third-order valence-electron chi connectivity index (χ3n) is 2.43. The predicted molar refractivity (Wildman–Crippen MR) is 58.7 cm³/mol. The van der Waals surface area contributed by atoms with Gasteiger partial charge in [0, 0.05) is 0 Å². The van der Waals surface area contributed by atoms with Crippen LogP contribution in [0.15, 0.2) is 24.3 Å². The highest BCUT2D eigenvalue weighted by molar-refractivity contribution is 5.83. The normalized spacial score (nSPS) is 13.2. The van der Waals surface area contributed by atoms with Gasteiger partial charge in [0.25, 0.3) is 0 Å². The van der Waals surface area contributed by atoms with Crippen LogP contribution in [0.4, 0.5) is 13.2 Å². The number of aryl methyl sites for hydroxylation is 1. The molecule has 94 valence electrons. The Hall–Kier alpha value is -1.52. The quantitative estimate of drug-likeness (QED) is 0.871. The molecule has 0 saturated carbocycles. The molecule has 1 unspecified atom stereocenters. The minimum atomic E-state index is -4.37. The van der Waals surface area contributed by atoms with Crippen molar-refractivity contribution < 1.29 is 18.0 Å². The van der Waals surface area contributed by atoms with Crippen molar-refractivity contribution in [1.82, 2.24) is 5.32 Å². The molecule has 0 saturated heterocycles. The number of amides is 1. The van der Waals surface area contributed by atoms with Crippen LogP contribution in [-0.4, -0.2) is 18.6 Å². The van der Waals surface area contributed by atoms with Gasteiger partial charge in [-0.25, -0.2) is 0 Å². The monoisotopic (exact) mass is 245 g/mol. The van der Waals surface area contributed by atoms with E-state index in [0.29, 0.717) is 5.56 Å². The van der Waals surface area contributed by atoms with Gasteiger partial charge in [0.2, 0.25) is 5.91 Å². The van der Waals surface area contributed by atoms with E-state index in [1.807, 2.05) is 24.4 Å². The maximum Gasteiger partial charge on any atom is 0.405 e. The largest absolute Gasteiger partial charge is 0.405 e. The molecule has 0 aromatic heterocycles. The van der Waals surface area contributed by atoms with Crippen LogP contribution in [0.5, 0.6) is 0 Å². The standard InChI is InChI=1S/C12H14F3NO/c1-8-3-5-10(6-4-8)9(2)11(17)16-7-12(13,14)15/h3-6,9H,7H2,1-2H3,(H,16,17). The number of hydrogen-bond acceptors (Lipinski definition) is 1. The third kappa shape index (κ3) is 4.46. The molecule has 1 amide bonds. The molecule has 0 radical (unpaired) electrons. The number of benzene rings is 1. The molecule has 0 aliphatic rings. The zero-order valence-electron chi connectivity index (χ0n) is 9.64. The van der Waals surface area contributed by atoms with Crippen LogP contribution >= 0.6 is 0 Å². The van der Waals surface area contributed by atoms with Gasteiger partial charge in [0.1, 0.15) is 6.54 Å². The van der Waals surface area contributed by atoms with Gasteiger partial charge in [0.05, 0.1) is 5.92 Å². The smallest absolute Gasteiger partial charge is 0.346 e. The first-order valence-corrected chi connectivity index (χ1v) is 5.20. The molecule has 0 bridgehead atoms. The molecule has 5 heteroatoms. The molecule has 0 spiro atoms. The molecular formula is C12H14F3NO. The molecule has 0 aliphatic carbocycles. The van der Waals surface area contributed by atoms with E-state index in [1.54, 1.807) is 19.1 Å². The lowest BCUT2D eigenvalue weighted by atomic mass is 9.99. The van der Waals surface area contributed by atoms with E-state index in [9.17, 15) is 18.0 Å². The highest BCUT2D eigenvalue weighted by Gasteiger charge is 2.28. The Bertz CT molecular complexity index is 384. The number of rotatable bonds is 3. The van der Waals surface area contributed by atoms with Crippen LogP contribution in [0.25, 0.3) is 0 Å². The van der Waals surface area contributed by atoms with E-state index >= 15 is 0 Å². The van der Waals surface area contributed by atoms with E-state index in [0.717, 1.165) is 5.56 Å². The van der Waals surface area contributed by atoms with E-state index < -0.39 is 24.5 Å². The minimum absolute atomic E-state index is 0.585. The van der Waals surface area contributed by atoms with Crippen molar-refractivity contribution in [3.63, 3.8) is 0 Å². The number of alkyl halides is 3. The van der Waals surface area contributed by atoms with Crippen molar-refractivity contribution in [3.8, 4) is 0 Å². The van der Waals surface area contributed by atoms with Gasteiger partial charge in [-0.1, -0.05) is 29.8 Å². The Kier molecular flexibility index (Phi) is 4.15. The van der Waals surface area contributed by atoms with Gasteiger partial charge in [-0.05, 0) is 19.4 Å². The molecule has 0 fully saturated rings. The number of hydrogen-bond donors (Lipinski definition) is 1. The van der Waals surface area contributed by atoms with Gasteiger partial charge in [0.15, 0.2) is 0 Å². The summed E-state index contributed by atoms with van der Waals surface area (Å²) in [6.45, 7) is 2.19. The Morgan fingerprint density at radius 3 is 2.29 bits per heavy atom. The van der Waals surface area contributed by atoms with Crippen molar-refractivity contribution >= 4 is 5.91 Å². The summed E-state index contributed by atoms with van der Waals surface area (Å²) in [6, 6.07) is 7.13. The second-order valence-electron chi connectivity index (χ2n) is 3.97. The molecular weight excluding hydrogens is 231 g/mol. The summed E-state index contributed by atoms with van der Waals surface area (Å²) in [5.74, 6) is -1.20. The van der Waals surface area contributed by atoms with E-state index in [2.05, 4.69) is 0 Å². The van der Waals surface area contributed by atoms with Gasteiger partial charge in [-0.2, -0.15) is 13.2 Å². The lowest BCUT2D eigenvalue weighted by Gasteiger charge is -2.14. The van der Waals surface area contributed by atoms with Crippen LogP contribution < -0.4 is 5.32 Å². The van der Waals surface area contributed by atoms with Crippen molar-refractivity contribution in [2.24, 2.45) is 0 Å². The van der Waals surface area contributed by atoms with Gasteiger partial charge in [-0.15, -0.1) is 0 Å². The van der Waals surface area contributed by atoms with Crippen molar-refractivity contribution in [2.45, 2.75) is 25.9 Å². The molecule has 2 nitrogen and oxygen atoms in total. The van der Waals surface area contributed by atoms with Crippen molar-refractivity contribution in [3.05, 3.63) is 35.4 Å². The Labute approximate surface area is 97.8 Å². The summed E-state index contributed by atoms with van der Waals surface area (Å²) < 4.78 is 35.8. The number of nitrogens with one attached hydrogen (secondary N) is 1. The van der Waals surface area contributed by atoms with Gasteiger partial charge >= 0.3 is 6.18 Å². The molecule has 1 aromatic carbocycles. The van der Waals surface area contributed by atoms with E-state index in [-0.39, 0.29) is 0 Å². The maximum absolute atomic E-state index is 11.9. The summed E-state index contributed by atoms with van der Waals surface area (Å²) in [5.41, 5.74) is 1.74. The lowest BCUT2D eigenvalue weighted by molar-refractivity contribution is -0.139. The molecule has 17 heavy (non-hydrogen) atoms. The third-order valence-corrected chi connectivity index (χ3v) is 2.43. The van der Waals surface area contributed by atoms with E-state index in [1.165, 1.54) is 0 Å².